The van der Waals surface area contributed by atoms with Gasteiger partial charge in [0.2, 0.25) is 0 Å². The van der Waals surface area contributed by atoms with Crippen LogP contribution >= 0.6 is 0 Å². The largest absolute Gasteiger partial charge is 0.386 e. The molecule has 0 saturated heterocycles. The number of nitrogens with zero attached hydrogens (tertiary/aromatic N) is 1. The van der Waals surface area contributed by atoms with Gasteiger partial charge in [-0.2, -0.15) is 0 Å². The number of rotatable bonds is 3. The Bertz CT molecular complexity index is 584. The van der Waals surface area contributed by atoms with E-state index in [2.05, 4.69) is 5.32 Å². The summed E-state index contributed by atoms with van der Waals surface area (Å²) in [6.45, 7) is 0. The van der Waals surface area contributed by atoms with Crippen molar-refractivity contribution in [3.63, 3.8) is 0 Å². The fourth-order valence-corrected chi connectivity index (χ4v) is 1.81. The molecule has 0 atom stereocenters. The Labute approximate surface area is 111 Å². The van der Waals surface area contributed by atoms with Crippen LogP contribution in [0, 0.1) is 5.82 Å². The zero-order valence-electron chi connectivity index (χ0n) is 10.9. The first-order chi connectivity index (χ1) is 9.13. The van der Waals surface area contributed by atoms with Gasteiger partial charge < -0.3 is 10.2 Å². The lowest BCUT2D eigenvalue weighted by Gasteiger charge is -2.17. The van der Waals surface area contributed by atoms with Crippen LogP contribution in [0.5, 0.6) is 0 Å². The molecule has 0 spiro atoms. The third-order valence-corrected chi connectivity index (χ3v) is 2.93. The molecule has 0 fully saturated rings. The standard InChI is InChI=1S/C15H15FN2O/c1-17-14-9-8-11(10-13(14)16)15(19)18(2)12-6-4-3-5-7-12/h3-10,17H,1-2H3. The van der Waals surface area contributed by atoms with Gasteiger partial charge in [-0.1, -0.05) is 18.2 Å². The SMILES string of the molecule is CNc1ccc(C(=O)N(C)c2ccccc2)cc1F. The van der Waals surface area contributed by atoms with E-state index in [9.17, 15) is 9.18 Å². The van der Waals surface area contributed by atoms with Crippen LogP contribution in [0.25, 0.3) is 0 Å². The quantitative estimate of drug-likeness (QED) is 0.917. The Kier molecular flexibility index (Phi) is 3.80. The van der Waals surface area contributed by atoms with Crippen molar-refractivity contribution in [1.29, 1.82) is 0 Å². The highest BCUT2D eigenvalue weighted by Gasteiger charge is 2.14. The van der Waals surface area contributed by atoms with Gasteiger partial charge in [-0.25, -0.2) is 4.39 Å². The molecule has 1 N–H and O–H groups in total. The van der Waals surface area contributed by atoms with E-state index < -0.39 is 5.82 Å². The summed E-state index contributed by atoms with van der Waals surface area (Å²) in [5.74, 6) is -0.678. The molecule has 0 radical (unpaired) electrons. The average molecular weight is 258 g/mol. The summed E-state index contributed by atoms with van der Waals surface area (Å²) in [7, 11) is 3.30. The first-order valence-corrected chi connectivity index (χ1v) is 5.94. The number of anilines is 2. The number of para-hydroxylation sites is 1. The number of nitrogens with one attached hydrogen (secondary N) is 1. The van der Waals surface area contributed by atoms with Gasteiger partial charge in [0, 0.05) is 25.3 Å². The number of amides is 1. The van der Waals surface area contributed by atoms with E-state index in [1.807, 2.05) is 30.3 Å². The van der Waals surface area contributed by atoms with Gasteiger partial charge in [0.25, 0.3) is 5.91 Å². The molecule has 0 heterocycles. The second-order valence-corrected chi connectivity index (χ2v) is 4.14. The molecular formula is C15H15FN2O. The van der Waals surface area contributed by atoms with Crippen LogP contribution in [0.2, 0.25) is 0 Å². The highest BCUT2D eigenvalue weighted by molar-refractivity contribution is 6.05. The molecule has 4 heteroatoms. The number of carbonyl (C=O) groups excluding carboxylic acids is 1. The average Bonchev–Trinajstić information content (AvgIpc) is 2.46. The van der Waals surface area contributed by atoms with Gasteiger partial charge in [0.1, 0.15) is 5.82 Å². The first kappa shape index (κ1) is 13.1. The van der Waals surface area contributed by atoms with E-state index >= 15 is 0 Å². The van der Waals surface area contributed by atoms with E-state index in [-0.39, 0.29) is 5.91 Å². The van der Waals surface area contributed by atoms with Crippen LogP contribution in [0.3, 0.4) is 0 Å². The monoisotopic (exact) mass is 258 g/mol. The summed E-state index contributed by atoms with van der Waals surface area (Å²) in [5, 5.41) is 2.72. The fraction of sp³-hybridized carbons (Fsp3) is 0.133. The van der Waals surface area contributed by atoms with Gasteiger partial charge in [-0.3, -0.25) is 4.79 Å². The Morgan fingerprint density at radius 3 is 2.42 bits per heavy atom. The molecule has 0 aliphatic heterocycles. The fourth-order valence-electron chi connectivity index (χ4n) is 1.81. The zero-order valence-corrected chi connectivity index (χ0v) is 10.9. The minimum atomic E-state index is -0.435. The van der Waals surface area contributed by atoms with Gasteiger partial charge in [-0.15, -0.1) is 0 Å². The topological polar surface area (TPSA) is 32.3 Å². The predicted molar refractivity (Wildman–Crippen MR) is 75.1 cm³/mol. The molecule has 3 nitrogen and oxygen atoms in total. The minimum Gasteiger partial charge on any atom is -0.386 e. The van der Waals surface area contributed by atoms with Crippen LogP contribution in [-0.2, 0) is 0 Å². The normalized spacial score (nSPS) is 10.1. The van der Waals surface area contributed by atoms with Crippen molar-refractivity contribution >= 4 is 17.3 Å². The molecule has 98 valence electrons. The summed E-state index contributed by atoms with van der Waals surface area (Å²) in [5.41, 5.74) is 1.47. The predicted octanol–water partition coefficient (Wildman–Crippen LogP) is 3.14. The lowest BCUT2D eigenvalue weighted by atomic mass is 10.1. The lowest BCUT2D eigenvalue weighted by Crippen LogP contribution is -2.26. The van der Waals surface area contributed by atoms with E-state index in [1.54, 1.807) is 26.2 Å². The maximum Gasteiger partial charge on any atom is 0.258 e. The molecule has 0 aliphatic carbocycles. The second-order valence-electron chi connectivity index (χ2n) is 4.14. The Hall–Kier alpha value is -2.36. The molecule has 0 bridgehead atoms. The molecule has 0 aromatic heterocycles. The second kappa shape index (κ2) is 5.52. The minimum absolute atomic E-state index is 0.243. The summed E-state index contributed by atoms with van der Waals surface area (Å²) < 4.78 is 13.6. The van der Waals surface area contributed by atoms with Crippen LogP contribution in [0.15, 0.2) is 48.5 Å². The number of benzene rings is 2. The molecule has 1 amide bonds. The van der Waals surface area contributed by atoms with Crippen LogP contribution in [0.4, 0.5) is 15.8 Å². The molecule has 0 unspecified atom stereocenters. The van der Waals surface area contributed by atoms with Crippen molar-refractivity contribution in [3.8, 4) is 0 Å². The molecule has 2 rings (SSSR count). The van der Waals surface area contributed by atoms with Crippen LogP contribution in [-0.4, -0.2) is 20.0 Å². The Balaban J connectivity index is 2.27. The van der Waals surface area contributed by atoms with Crippen molar-refractivity contribution in [3.05, 3.63) is 59.9 Å². The molecule has 0 aliphatic rings. The Morgan fingerprint density at radius 2 is 1.84 bits per heavy atom. The number of hydrogen-bond donors (Lipinski definition) is 1. The summed E-state index contributed by atoms with van der Waals surface area (Å²) in [6, 6.07) is 13.6. The van der Waals surface area contributed by atoms with Crippen LogP contribution in [0.1, 0.15) is 10.4 Å². The molecule has 2 aromatic carbocycles. The number of carbonyl (C=O) groups is 1. The van der Waals surface area contributed by atoms with Crippen molar-refractivity contribution in [2.45, 2.75) is 0 Å². The highest BCUT2D eigenvalue weighted by Crippen LogP contribution is 2.19. The van der Waals surface area contributed by atoms with E-state index in [1.165, 1.54) is 11.0 Å². The van der Waals surface area contributed by atoms with Crippen molar-refractivity contribution in [2.75, 3.05) is 24.3 Å². The third kappa shape index (κ3) is 2.73. The highest BCUT2D eigenvalue weighted by atomic mass is 19.1. The van der Waals surface area contributed by atoms with E-state index in [0.29, 0.717) is 11.3 Å². The number of halogens is 1. The Morgan fingerprint density at radius 1 is 1.16 bits per heavy atom. The van der Waals surface area contributed by atoms with Crippen molar-refractivity contribution in [1.82, 2.24) is 0 Å². The summed E-state index contributed by atoms with van der Waals surface area (Å²) in [6.07, 6.45) is 0. The maximum absolute atomic E-state index is 13.6. The number of hydrogen-bond acceptors (Lipinski definition) is 2. The molecule has 19 heavy (non-hydrogen) atoms. The van der Waals surface area contributed by atoms with Gasteiger partial charge in [0.05, 0.1) is 5.69 Å². The maximum atomic E-state index is 13.6. The lowest BCUT2D eigenvalue weighted by molar-refractivity contribution is 0.0992. The van der Waals surface area contributed by atoms with Gasteiger partial charge in [0.15, 0.2) is 0 Å². The zero-order chi connectivity index (χ0) is 13.8. The summed E-state index contributed by atoms with van der Waals surface area (Å²) >= 11 is 0. The van der Waals surface area contributed by atoms with Crippen molar-refractivity contribution < 1.29 is 9.18 Å². The first-order valence-electron chi connectivity index (χ1n) is 5.94. The molecular weight excluding hydrogens is 243 g/mol. The van der Waals surface area contributed by atoms with Crippen molar-refractivity contribution in [2.24, 2.45) is 0 Å². The van der Waals surface area contributed by atoms with Gasteiger partial charge >= 0.3 is 0 Å². The van der Waals surface area contributed by atoms with Crippen LogP contribution < -0.4 is 10.2 Å². The third-order valence-electron chi connectivity index (χ3n) is 2.93. The summed E-state index contributed by atoms with van der Waals surface area (Å²) in [4.78, 5) is 13.7. The smallest absolute Gasteiger partial charge is 0.258 e. The molecule has 2 aromatic rings. The molecule has 0 saturated carbocycles. The van der Waals surface area contributed by atoms with E-state index in [0.717, 1.165) is 5.69 Å². The van der Waals surface area contributed by atoms with Gasteiger partial charge in [-0.05, 0) is 30.3 Å². The van der Waals surface area contributed by atoms with E-state index in [4.69, 9.17) is 0 Å².